The van der Waals surface area contributed by atoms with E-state index in [4.69, 9.17) is 14.6 Å². The summed E-state index contributed by atoms with van der Waals surface area (Å²) < 4.78 is 52.9. The average molecular weight is 586 g/mol. The summed E-state index contributed by atoms with van der Waals surface area (Å²) in [4.78, 5) is 41.3. The van der Waals surface area contributed by atoms with Gasteiger partial charge in [-0.1, -0.05) is 24.3 Å². The molecule has 0 aliphatic carbocycles. The number of hydrogen-bond donors (Lipinski definition) is 3. The maximum Gasteiger partial charge on any atom is 0.407 e. The van der Waals surface area contributed by atoms with E-state index in [0.717, 1.165) is 13.3 Å². The van der Waals surface area contributed by atoms with Crippen molar-refractivity contribution in [2.45, 2.75) is 43.4 Å². The van der Waals surface area contributed by atoms with Crippen molar-refractivity contribution in [2.24, 2.45) is 0 Å². The minimum Gasteiger partial charge on any atom is -0.480 e. The summed E-state index contributed by atoms with van der Waals surface area (Å²) in [5.74, 6) is -4.06. The van der Waals surface area contributed by atoms with Crippen LogP contribution in [0.4, 0.5) is 18.0 Å². The lowest BCUT2D eigenvalue weighted by Crippen LogP contribution is -2.50. The van der Waals surface area contributed by atoms with Gasteiger partial charge in [-0.3, -0.25) is 19.9 Å². The molecule has 1 fully saturated rings. The number of pyridine rings is 1. The number of methoxy groups -OCH3 is 1. The number of nitrogens with one attached hydrogen (secondary N) is 2. The molecule has 1 saturated heterocycles. The lowest BCUT2D eigenvalue weighted by molar-refractivity contribution is -0.144. The Morgan fingerprint density at radius 2 is 1.67 bits per heavy atom. The summed E-state index contributed by atoms with van der Waals surface area (Å²) in [7, 11) is 1.14. The second-order valence-corrected chi connectivity index (χ2v) is 9.89. The summed E-state index contributed by atoms with van der Waals surface area (Å²) in [6.45, 7) is 0.235. The molecule has 4 rings (SSSR count). The quantitative estimate of drug-likeness (QED) is 0.312. The van der Waals surface area contributed by atoms with Crippen molar-refractivity contribution < 1.29 is 42.1 Å². The highest BCUT2D eigenvalue weighted by atomic mass is 19.1. The van der Waals surface area contributed by atoms with Crippen molar-refractivity contribution in [2.75, 3.05) is 20.3 Å². The van der Waals surface area contributed by atoms with Gasteiger partial charge >= 0.3 is 12.1 Å². The monoisotopic (exact) mass is 585 g/mol. The molecular formula is C30H30F3N3O6. The summed E-state index contributed by atoms with van der Waals surface area (Å²) in [5, 5.41) is 14.5. The number of morpholine rings is 1. The van der Waals surface area contributed by atoms with E-state index >= 15 is 0 Å². The van der Waals surface area contributed by atoms with E-state index in [1.807, 2.05) is 0 Å². The molecule has 0 spiro atoms. The maximum absolute atomic E-state index is 15.0. The average Bonchev–Trinajstić information content (AvgIpc) is 2.98. The molecule has 1 aliphatic heterocycles. The van der Waals surface area contributed by atoms with Gasteiger partial charge < -0.3 is 19.9 Å². The van der Waals surface area contributed by atoms with Crippen LogP contribution < -0.4 is 10.6 Å². The third-order valence-electron chi connectivity index (χ3n) is 7.16. The predicted octanol–water partition coefficient (Wildman–Crippen LogP) is 3.54. The highest BCUT2D eigenvalue weighted by Crippen LogP contribution is 2.31. The van der Waals surface area contributed by atoms with Gasteiger partial charge in [-0.15, -0.1) is 0 Å². The largest absolute Gasteiger partial charge is 0.480 e. The van der Waals surface area contributed by atoms with E-state index in [2.05, 4.69) is 15.6 Å². The molecule has 3 atom stereocenters. The second-order valence-electron chi connectivity index (χ2n) is 9.89. The van der Waals surface area contributed by atoms with Crippen LogP contribution in [0.2, 0.25) is 0 Å². The molecule has 0 unspecified atom stereocenters. The number of ether oxygens (including phenoxy) is 2. The van der Waals surface area contributed by atoms with Gasteiger partial charge in [0.15, 0.2) is 5.78 Å². The molecule has 1 aliphatic rings. The van der Waals surface area contributed by atoms with Crippen molar-refractivity contribution in [1.29, 1.82) is 0 Å². The fraction of sp³-hybridized carbons (Fsp3) is 0.333. The first kappa shape index (κ1) is 30.7. The number of carbonyl (C=O) groups excluding carboxylic acids is 2. The lowest BCUT2D eigenvalue weighted by atomic mass is 9.81. The first-order valence-electron chi connectivity index (χ1n) is 13.2. The molecule has 222 valence electrons. The Morgan fingerprint density at radius 3 is 2.19 bits per heavy atom. The van der Waals surface area contributed by atoms with Crippen molar-refractivity contribution >= 4 is 17.8 Å². The van der Waals surface area contributed by atoms with E-state index in [0.29, 0.717) is 23.1 Å². The number of nitrogens with zero attached hydrogens (tertiary/aromatic N) is 1. The summed E-state index contributed by atoms with van der Waals surface area (Å²) in [5.41, 5.74) is 1.47. The van der Waals surface area contributed by atoms with Crippen LogP contribution in [0.3, 0.4) is 0 Å². The van der Waals surface area contributed by atoms with Gasteiger partial charge in [0.25, 0.3) is 0 Å². The zero-order valence-electron chi connectivity index (χ0n) is 22.7. The fourth-order valence-corrected chi connectivity index (χ4v) is 4.96. The van der Waals surface area contributed by atoms with E-state index in [1.165, 1.54) is 54.7 Å². The molecule has 42 heavy (non-hydrogen) atoms. The number of halogens is 3. The number of benzene rings is 2. The highest BCUT2D eigenvalue weighted by Gasteiger charge is 2.34. The normalized spacial score (nSPS) is 17.5. The number of carboxylic acid groups (broad SMARTS) is 1. The minimum atomic E-state index is -1.26. The molecule has 12 heteroatoms. The van der Waals surface area contributed by atoms with Gasteiger partial charge in [0.05, 0.1) is 26.0 Å². The van der Waals surface area contributed by atoms with E-state index in [1.54, 1.807) is 0 Å². The van der Waals surface area contributed by atoms with Crippen LogP contribution in [-0.2, 0) is 31.9 Å². The van der Waals surface area contributed by atoms with E-state index in [9.17, 15) is 27.6 Å². The van der Waals surface area contributed by atoms with Crippen molar-refractivity contribution in [3.8, 4) is 0 Å². The Labute approximate surface area is 240 Å². The minimum absolute atomic E-state index is 0.0286. The summed E-state index contributed by atoms with van der Waals surface area (Å²) >= 11 is 0. The maximum atomic E-state index is 15.0. The number of Topliss-reactive ketones (excluding diaryl/α,β-unsaturated/α-hetero) is 1. The van der Waals surface area contributed by atoms with Crippen LogP contribution in [0.5, 0.6) is 0 Å². The van der Waals surface area contributed by atoms with Crippen LogP contribution in [0.1, 0.15) is 34.6 Å². The molecule has 1 amide bonds. The van der Waals surface area contributed by atoms with Gasteiger partial charge in [-0.05, 0) is 59.4 Å². The Balaban J connectivity index is 1.61. The molecule has 3 N–H and O–H groups in total. The van der Waals surface area contributed by atoms with Crippen LogP contribution in [-0.4, -0.2) is 66.4 Å². The van der Waals surface area contributed by atoms with Crippen molar-refractivity contribution in [3.63, 3.8) is 0 Å². The van der Waals surface area contributed by atoms with Gasteiger partial charge in [0, 0.05) is 25.1 Å². The molecule has 9 nitrogen and oxygen atoms in total. The Bertz CT molecular complexity index is 1350. The third-order valence-corrected chi connectivity index (χ3v) is 7.16. The number of carboxylic acids is 1. The first-order valence-corrected chi connectivity index (χ1v) is 13.2. The van der Waals surface area contributed by atoms with Crippen LogP contribution in [0, 0.1) is 17.5 Å². The summed E-state index contributed by atoms with van der Waals surface area (Å²) in [6.07, 6.45) is 1.34. The smallest absolute Gasteiger partial charge is 0.407 e. The van der Waals surface area contributed by atoms with E-state index in [-0.39, 0.29) is 37.7 Å². The topological polar surface area (TPSA) is 127 Å². The first-order chi connectivity index (χ1) is 20.2. The van der Waals surface area contributed by atoms with Crippen LogP contribution in [0.25, 0.3) is 0 Å². The standard InChI is InChI=1S/C30H30F3N3O6/c1-41-30(40)36-28(27(17-2-6-20(31)7-3-17)18-4-8-21(32)9-5-18)26(37)12-19-13-34-15-24(33)23(19)11-10-22-14-35-25(16-42-22)29(38)39/h2-9,13,15,22,25,27-28,35H,10-12,14,16H2,1H3,(H,36,40)(H,38,39)/t22-,25+,28-/m1/s1. The van der Waals surface area contributed by atoms with E-state index < -0.39 is 53.3 Å². The molecule has 2 aromatic carbocycles. The molecular weight excluding hydrogens is 555 g/mol. The molecule has 0 radical (unpaired) electrons. The molecule has 0 bridgehead atoms. The third kappa shape index (κ3) is 7.71. The number of alkyl carbamates (subject to hydrolysis) is 1. The second kappa shape index (κ2) is 14.1. The number of hydrogen-bond acceptors (Lipinski definition) is 7. The highest BCUT2D eigenvalue weighted by molar-refractivity contribution is 5.90. The van der Waals surface area contributed by atoms with Gasteiger partial charge in [-0.25, -0.2) is 18.0 Å². The molecule has 2 heterocycles. The zero-order valence-corrected chi connectivity index (χ0v) is 22.7. The van der Waals surface area contributed by atoms with Gasteiger partial charge in [0.1, 0.15) is 29.5 Å². The molecule has 0 saturated carbocycles. The van der Waals surface area contributed by atoms with Crippen LogP contribution in [0.15, 0.2) is 60.9 Å². The SMILES string of the molecule is COC(=O)N[C@H](C(=O)Cc1cncc(F)c1CC[C@@H]1CN[C@H](C(=O)O)CO1)C(c1ccc(F)cc1)c1ccc(F)cc1. The lowest BCUT2D eigenvalue weighted by Gasteiger charge is -2.29. The Hall–Kier alpha value is -4.29. The van der Waals surface area contributed by atoms with Crippen LogP contribution >= 0.6 is 0 Å². The van der Waals surface area contributed by atoms with Gasteiger partial charge in [0.2, 0.25) is 0 Å². The Kier molecular flexibility index (Phi) is 10.3. The Morgan fingerprint density at radius 1 is 1.05 bits per heavy atom. The summed E-state index contributed by atoms with van der Waals surface area (Å²) in [6, 6.07) is 8.61. The van der Waals surface area contributed by atoms with Crippen molar-refractivity contribution in [1.82, 2.24) is 15.6 Å². The number of aliphatic carboxylic acids is 1. The number of ketones is 1. The predicted molar refractivity (Wildman–Crippen MR) is 144 cm³/mol. The van der Waals surface area contributed by atoms with Gasteiger partial charge in [-0.2, -0.15) is 0 Å². The number of rotatable bonds is 11. The number of amides is 1. The van der Waals surface area contributed by atoms with Crippen molar-refractivity contribution in [3.05, 3.63) is 101 Å². The molecule has 3 aromatic rings. The fourth-order valence-electron chi connectivity index (χ4n) is 4.96. The number of carbonyl (C=O) groups is 3. The number of aromatic nitrogens is 1. The molecule has 1 aromatic heterocycles. The zero-order chi connectivity index (χ0) is 30.2.